The highest BCUT2D eigenvalue weighted by molar-refractivity contribution is 7.99. The molecule has 5 rings (SSSR count). The molecule has 50 heavy (non-hydrogen) atoms. The quantitative estimate of drug-likeness (QED) is 0.0651. The van der Waals surface area contributed by atoms with Gasteiger partial charge in [-0.05, 0) is 58.9 Å². The van der Waals surface area contributed by atoms with Crippen molar-refractivity contribution < 1.29 is 39.2 Å². The van der Waals surface area contributed by atoms with Gasteiger partial charge in [0.25, 0.3) is 0 Å². The van der Waals surface area contributed by atoms with Crippen molar-refractivity contribution in [2.75, 3.05) is 5.75 Å². The predicted molar refractivity (Wildman–Crippen MR) is 189 cm³/mol. The molecule has 10 nitrogen and oxygen atoms in total. The van der Waals surface area contributed by atoms with Gasteiger partial charge < -0.3 is 30.1 Å². The van der Waals surface area contributed by atoms with Crippen LogP contribution in [0.4, 0.5) is 0 Å². The van der Waals surface area contributed by atoms with E-state index < -0.39 is 18.2 Å². The van der Waals surface area contributed by atoms with Crippen LogP contribution in [-0.4, -0.2) is 50.0 Å². The van der Waals surface area contributed by atoms with E-state index in [1.165, 1.54) is 11.8 Å². The Hall–Kier alpha value is -4.55. The number of benzene rings is 3. The number of aliphatic hydroxyl groups excluding tert-OH is 1. The molecule has 1 saturated heterocycles. The van der Waals surface area contributed by atoms with Gasteiger partial charge in [-0.15, -0.1) is 11.8 Å². The van der Waals surface area contributed by atoms with Gasteiger partial charge >= 0.3 is 11.9 Å². The van der Waals surface area contributed by atoms with Crippen LogP contribution in [0.25, 0.3) is 11.1 Å². The molecule has 0 spiro atoms. The molecule has 1 fully saturated rings. The maximum absolute atomic E-state index is 12.4. The molecule has 1 amide bonds. The summed E-state index contributed by atoms with van der Waals surface area (Å²) in [5, 5.41) is 31.3. The van der Waals surface area contributed by atoms with Crippen LogP contribution < -0.4 is 5.32 Å². The molecular formula is C39H42N2O8S. The number of ether oxygens (including phenoxy) is 2. The number of hydrogen-bond donors (Lipinski definition) is 4. The van der Waals surface area contributed by atoms with Gasteiger partial charge in [-0.1, -0.05) is 79.6 Å². The van der Waals surface area contributed by atoms with E-state index in [9.17, 15) is 24.6 Å². The number of aromatic carboxylic acids is 1. The minimum absolute atomic E-state index is 0.0211. The molecule has 1 aliphatic heterocycles. The minimum Gasteiger partial charge on any atom is -0.481 e. The number of carbonyl (C=O) groups is 3. The van der Waals surface area contributed by atoms with E-state index in [-0.39, 0.29) is 36.7 Å². The summed E-state index contributed by atoms with van der Waals surface area (Å²) in [5.74, 6) is -1.35. The zero-order valence-electron chi connectivity index (χ0n) is 27.7. The summed E-state index contributed by atoms with van der Waals surface area (Å²) in [6, 6.07) is 26.8. The number of thioether (sulfide) groups is 1. The number of aromatic nitrogens is 1. The standard InChI is InChI=1S/C39H42N2O8S/c42-24-26-12-14-29(15-13-26)34-22-32(25-50-37-33(38(46)47)9-6-20-40-37)48-39(49-34)30-18-16-28(17-19-30)31-8-5-7-27(21-31)23-41-35(43)10-3-1-2-4-11-36(44)45/h5-9,12-21,32,34,39,42H,1-4,10-11,22-25H2,(H,41,43)(H,44,45)(H,46,47)/t32-,34+,39+/m1/s1. The van der Waals surface area contributed by atoms with Gasteiger partial charge in [0.05, 0.1) is 24.4 Å². The first-order valence-corrected chi connectivity index (χ1v) is 17.8. The van der Waals surface area contributed by atoms with E-state index in [4.69, 9.17) is 14.6 Å². The van der Waals surface area contributed by atoms with Gasteiger partial charge in [0.1, 0.15) is 5.03 Å². The van der Waals surface area contributed by atoms with Gasteiger partial charge in [-0.25, -0.2) is 9.78 Å². The molecule has 2 heterocycles. The number of aliphatic carboxylic acids is 1. The van der Waals surface area contributed by atoms with Crippen molar-refractivity contribution in [3.63, 3.8) is 0 Å². The third-order valence-electron chi connectivity index (χ3n) is 8.50. The first-order valence-electron chi connectivity index (χ1n) is 16.8. The lowest BCUT2D eigenvalue weighted by atomic mass is 9.99. The number of hydrogen-bond acceptors (Lipinski definition) is 8. The highest BCUT2D eigenvalue weighted by atomic mass is 32.2. The molecule has 3 aromatic carbocycles. The molecule has 0 bridgehead atoms. The normalized spacial score (nSPS) is 17.3. The average molecular weight is 699 g/mol. The summed E-state index contributed by atoms with van der Waals surface area (Å²) in [4.78, 5) is 39.0. The monoisotopic (exact) mass is 698 g/mol. The Kier molecular flexibility index (Phi) is 13.5. The summed E-state index contributed by atoms with van der Waals surface area (Å²) in [6.07, 6.45) is 4.54. The number of carbonyl (C=O) groups excluding carboxylic acids is 1. The molecule has 0 radical (unpaired) electrons. The topological polar surface area (TPSA) is 155 Å². The number of rotatable bonds is 17. The first kappa shape index (κ1) is 36.7. The first-order chi connectivity index (χ1) is 24.3. The third kappa shape index (κ3) is 10.7. The van der Waals surface area contributed by atoms with E-state index in [2.05, 4.69) is 16.4 Å². The van der Waals surface area contributed by atoms with E-state index in [1.807, 2.05) is 66.7 Å². The Morgan fingerprint density at radius 3 is 2.26 bits per heavy atom. The second kappa shape index (κ2) is 18.4. The molecule has 4 aromatic rings. The third-order valence-corrected chi connectivity index (χ3v) is 9.64. The van der Waals surface area contributed by atoms with Crippen molar-refractivity contribution in [3.05, 3.63) is 119 Å². The van der Waals surface area contributed by atoms with E-state index in [0.717, 1.165) is 52.6 Å². The number of nitrogens with one attached hydrogen (secondary N) is 1. The van der Waals surface area contributed by atoms with Crippen LogP contribution >= 0.6 is 11.8 Å². The van der Waals surface area contributed by atoms with Crippen molar-refractivity contribution in [2.45, 2.75) is 81.6 Å². The van der Waals surface area contributed by atoms with Crippen molar-refractivity contribution in [3.8, 4) is 11.1 Å². The number of carboxylic acids is 2. The van der Waals surface area contributed by atoms with Gasteiger partial charge in [-0.2, -0.15) is 0 Å². The molecular weight excluding hydrogens is 657 g/mol. The molecule has 3 atom stereocenters. The van der Waals surface area contributed by atoms with Gasteiger partial charge in [0.2, 0.25) is 5.91 Å². The predicted octanol–water partition coefficient (Wildman–Crippen LogP) is 7.32. The lowest BCUT2D eigenvalue weighted by Crippen LogP contribution is -2.31. The van der Waals surface area contributed by atoms with Crippen molar-refractivity contribution >= 4 is 29.6 Å². The second-order valence-corrected chi connectivity index (χ2v) is 13.2. The van der Waals surface area contributed by atoms with E-state index >= 15 is 0 Å². The molecule has 1 aliphatic rings. The van der Waals surface area contributed by atoms with Crippen LogP contribution in [0.15, 0.2) is 96.2 Å². The molecule has 0 saturated carbocycles. The summed E-state index contributed by atoms with van der Waals surface area (Å²) in [5.41, 5.74) is 5.76. The number of carboxylic acid groups (broad SMARTS) is 2. The van der Waals surface area contributed by atoms with Crippen LogP contribution in [0.3, 0.4) is 0 Å². The van der Waals surface area contributed by atoms with E-state index in [0.29, 0.717) is 36.6 Å². The number of pyridine rings is 1. The van der Waals surface area contributed by atoms with Crippen molar-refractivity contribution in [1.29, 1.82) is 0 Å². The fourth-order valence-corrected chi connectivity index (χ4v) is 6.77. The minimum atomic E-state index is -1.03. The number of unbranched alkanes of at least 4 members (excludes halogenated alkanes) is 3. The molecule has 1 aromatic heterocycles. The summed E-state index contributed by atoms with van der Waals surface area (Å²) >= 11 is 1.35. The zero-order valence-corrected chi connectivity index (χ0v) is 28.5. The van der Waals surface area contributed by atoms with Crippen molar-refractivity contribution in [2.24, 2.45) is 0 Å². The zero-order chi connectivity index (χ0) is 35.3. The summed E-state index contributed by atoms with van der Waals surface area (Å²) < 4.78 is 12.9. The van der Waals surface area contributed by atoms with Crippen LogP contribution in [0.2, 0.25) is 0 Å². The van der Waals surface area contributed by atoms with Crippen LogP contribution in [0, 0.1) is 0 Å². The Morgan fingerprint density at radius 1 is 0.800 bits per heavy atom. The Balaban J connectivity index is 1.22. The number of aliphatic hydroxyl groups is 1. The smallest absolute Gasteiger partial charge is 0.338 e. The van der Waals surface area contributed by atoms with Crippen LogP contribution in [0.1, 0.15) is 90.0 Å². The Labute approximate surface area is 295 Å². The molecule has 11 heteroatoms. The highest BCUT2D eigenvalue weighted by Crippen LogP contribution is 2.40. The Bertz CT molecular complexity index is 1730. The number of amides is 1. The molecule has 0 aliphatic carbocycles. The maximum atomic E-state index is 12.4. The second-order valence-electron chi connectivity index (χ2n) is 12.2. The molecule has 0 unspecified atom stereocenters. The fraction of sp³-hybridized carbons (Fsp3) is 0.333. The lowest BCUT2D eigenvalue weighted by Gasteiger charge is -2.36. The van der Waals surface area contributed by atoms with Crippen molar-refractivity contribution in [1.82, 2.24) is 10.3 Å². The average Bonchev–Trinajstić information content (AvgIpc) is 3.14. The van der Waals surface area contributed by atoms with E-state index in [1.54, 1.807) is 18.3 Å². The SMILES string of the molecule is O=C(O)CCCCCCC(=O)NCc1cccc(-c2ccc([C@H]3O[C@@H](CSc4ncccc4C(=O)O)C[C@@H](c4ccc(CO)cc4)O3)cc2)c1. The lowest BCUT2D eigenvalue weighted by molar-refractivity contribution is -0.245. The summed E-state index contributed by atoms with van der Waals surface area (Å²) in [6.45, 7) is 0.371. The summed E-state index contributed by atoms with van der Waals surface area (Å²) in [7, 11) is 0. The van der Waals surface area contributed by atoms with Gasteiger partial charge in [0.15, 0.2) is 6.29 Å². The maximum Gasteiger partial charge on any atom is 0.338 e. The molecule has 4 N–H and O–H groups in total. The fourth-order valence-electron chi connectivity index (χ4n) is 5.76. The highest BCUT2D eigenvalue weighted by Gasteiger charge is 2.32. The van der Waals surface area contributed by atoms with Gasteiger partial charge in [0, 0.05) is 43.3 Å². The van der Waals surface area contributed by atoms with Gasteiger partial charge in [-0.3, -0.25) is 9.59 Å². The number of nitrogens with zero attached hydrogens (tertiary/aromatic N) is 1. The Morgan fingerprint density at radius 2 is 1.54 bits per heavy atom. The largest absolute Gasteiger partial charge is 0.481 e. The van der Waals surface area contributed by atoms with Crippen LogP contribution in [-0.2, 0) is 32.2 Å². The van der Waals surface area contributed by atoms with Crippen LogP contribution in [0.5, 0.6) is 0 Å². The molecule has 262 valence electrons.